The topological polar surface area (TPSA) is 91.9 Å². The largest absolute Gasteiger partial charge is 0.361 e. The van der Waals surface area contributed by atoms with Crippen LogP contribution in [0.3, 0.4) is 0 Å². The third-order valence-electron chi connectivity index (χ3n) is 6.73. The summed E-state index contributed by atoms with van der Waals surface area (Å²) < 4.78 is 0. The number of carbonyl (C=O) groups excluding carboxylic acids is 2. The van der Waals surface area contributed by atoms with Crippen LogP contribution in [0.25, 0.3) is 22.0 Å². The van der Waals surface area contributed by atoms with Gasteiger partial charge < -0.3 is 14.8 Å². The van der Waals surface area contributed by atoms with Gasteiger partial charge in [-0.2, -0.15) is 0 Å². The van der Waals surface area contributed by atoms with Crippen LogP contribution in [0.4, 0.5) is 10.5 Å². The molecule has 0 bridgehead atoms. The van der Waals surface area contributed by atoms with Gasteiger partial charge >= 0.3 is 6.03 Å². The summed E-state index contributed by atoms with van der Waals surface area (Å²) in [6.45, 7) is 3.86. The lowest BCUT2D eigenvalue weighted by molar-refractivity contribution is -0.129. The number of piperazine rings is 1. The molecular weight excluding hydrogens is 442 g/mol. The fraction of sp³-hybridized carbons (Fsp3) is 0.407. The molecule has 0 atom stereocenters. The average molecular weight is 478 g/mol. The molecule has 3 aromatic rings. The maximum absolute atomic E-state index is 13.5. The van der Waals surface area contributed by atoms with Gasteiger partial charge in [0.1, 0.15) is 0 Å². The van der Waals surface area contributed by atoms with Crippen LogP contribution in [0.15, 0.2) is 54.7 Å². The number of hydrogen-bond donors (Lipinski definition) is 3. The predicted octanol–water partition coefficient (Wildman–Crippen LogP) is 4.46. The standard InChI is InChI=1S/C27H35N5O3/c1-30-16-18-31(19-17-30)27(34)32(15-5-3-2-4-6-26(33)29-35)24-11-9-21(10-12-24)23-8-7-22-13-14-28-25(22)20-23/h7-14,20,28,35H,2-6,15-19H2,1H3,(H,29,33). The Hall–Kier alpha value is -3.36. The van der Waals surface area contributed by atoms with Crippen LogP contribution in [0, 0.1) is 0 Å². The molecule has 0 spiro atoms. The highest BCUT2D eigenvalue weighted by molar-refractivity contribution is 5.92. The van der Waals surface area contributed by atoms with Gasteiger partial charge in [-0.3, -0.25) is 14.9 Å². The number of urea groups is 1. The Bertz CT molecular complexity index is 1120. The van der Waals surface area contributed by atoms with E-state index in [0.29, 0.717) is 13.0 Å². The molecule has 4 rings (SSSR count). The molecule has 1 saturated heterocycles. The maximum atomic E-state index is 13.5. The van der Waals surface area contributed by atoms with Crippen molar-refractivity contribution in [3.8, 4) is 11.1 Å². The number of rotatable bonds is 9. The van der Waals surface area contributed by atoms with Crippen molar-refractivity contribution in [1.82, 2.24) is 20.3 Å². The Kier molecular flexibility index (Phi) is 8.39. The zero-order valence-corrected chi connectivity index (χ0v) is 20.4. The number of nitrogens with one attached hydrogen (secondary N) is 2. The Balaban J connectivity index is 1.44. The van der Waals surface area contributed by atoms with Crippen LogP contribution in [0.5, 0.6) is 0 Å². The number of fused-ring (bicyclic) bond motifs is 1. The molecule has 35 heavy (non-hydrogen) atoms. The highest BCUT2D eigenvalue weighted by Gasteiger charge is 2.25. The van der Waals surface area contributed by atoms with E-state index in [0.717, 1.165) is 74.2 Å². The van der Waals surface area contributed by atoms with Crippen LogP contribution < -0.4 is 10.4 Å². The summed E-state index contributed by atoms with van der Waals surface area (Å²) in [5, 5.41) is 9.80. The van der Waals surface area contributed by atoms with Gasteiger partial charge in [0.15, 0.2) is 0 Å². The quantitative estimate of drug-likeness (QED) is 0.241. The Morgan fingerprint density at radius 1 is 0.943 bits per heavy atom. The minimum Gasteiger partial charge on any atom is -0.361 e. The number of hydroxylamine groups is 1. The molecule has 2 aromatic carbocycles. The number of likely N-dealkylation sites (N-methyl/N-ethyl adjacent to an activating group) is 1. The first-order valence-corrected chi connectivity index (χ1v) is 12.4. The summed E-state index contributed by atoms with van der Waals surface area (Å²) in [6, 6.07) is 16.7. The van der Waals surface area contributed by atoms with E-state index in [1.807, 2.05) is 28.1 Å². The molecule has 8 heteroatoms. The van der Waals surface area contributed by atoms with E-state index in [2.05, 4.69) is 53.3 Å². The van der Waals surface area contributed by atoms with Crippen molar-refractivity contribution >= 4 is 28.5 Å². The third kappa shape index (κ3) is 6.41. The van der Waals surface area contributed by atoms with Gasteiger partial charge in [-0.15, -0.1) is 0 Å². The predicted molar refractivity (Wildman–Crippen MR) is 139 cm³/mol. The van der Waals surface area contributed by atoms with Gasteiger partial charge in [-0.25, -0.2) is 10.3 Å². The Morgan fingerprint density at radius 2 is 1.66 bits per heavy atom. The molecule has 1 aliphatic rings. The van der Waals surface area contributed by atoms with Crippen molar-refractivity contribution in [3.63, 3.8) is 0 Å². The van der Waals surface area contributed by atoms with Gasteiger partial charge in [0, 0.05) is 56.5 Å². The Labute approximate surface area is 206 Å². The van der Waals surface area contributed by atoms with E-state index < -0.39 is 0 Å². The number of unbranched alkanes of at least 4 members (excludes halogenated alkanes) is 3. The fourth-order valence-electron chi connectivity index (χ4n) is 4.53. The second kappa shape index (κ2) is 11.9. The van der Waals surface area contributed by atoms with E-state index >= 15 is 0 Å². The molecule has 186 valence electrons. The minimum absolute atomic E-state index is 0.0540. The summed E-state index contributed by atoms with van der Waals surface area (Å²) in [4.78, 5) is 34.0. The van der Waals surface area contributed by atoms with Crippen LogP contribution in [-0.4, -0.2) is 71.7 Å². The van der Waals surface area contributed by atoms with Gasteiger partial charge in [0.05, 0.1) is 0 Å². The number of nitrogens with zero attached hydrogens (tertiary/aromatic N) is 3. The molecule has 1 aromatic heterocycles. The summed E-state index contributed by atoms with van der Waals surface area (Å²) in [6.07, 6.45) is 5.63. The molecule has 3 N–H and O–H groups in total. The van der Waals surface area contributed by atoms with E-state index in [1.54, 1.807) is 5.48 Å². The van der Waals surface area contributed by atoms with E-state index in [9.17, 15) is 9.59 Å². The SMILES string of the molecule is CN1CCN(C(=O)N(CCCCCCC(=O)NO)c2ccc(-c3ccc4cc[nH]c4c3)cc2)CC1. The van der Waals surface area contributed by atoms with Crippen LogP contribution >= 0.6 is 0 Å². The zero-order chi connectivity index (χ0) is 24.6. The van der Waals surface area contributed by atoms with Crippen molar-refractivity contribution in [2.75, 3.05) is 44.7 Å². The van der Waals surface area contributed by atoms with Crippen molar-refractivity contribution in [1.29, 1.82) is 0 Å². The van der Waals surface area contributed by atoms with Gasteiger partial charge in [0.2, 0.25) is 5.91 Å². The fourth-order valence-corrected chi connectivity index (χ4v) is 4.53. The molecule has 8 nitrogen and oxygen atoms in total. The first-order chi connectivity index (χ1) is 17.0. The highest BCUT2D eigenvalue weighted by atomic mass is 16.5. The maximum Gasteiger partial charge on any atom is 0.324 e. The monoisotopic (exact) mass is 477 g/mol. The highest BCUT2D eigenvalue weighted by Crippen LogP contribution is 2.27. The molecular formula is C27H35N5O3. The lowest BCUT2D eigenvalue weighted by atomic mass is 10.0. The smallest absolute Gasteiger partial charge is 0.324 e. The second-order valence-corrected chi connectivity index (χ2v) is 9.25. The lowest BCUT2D eigenvalue weighted by Crippen LogP contribution is -2.52. The van der Waals surface area contributed by atoms with Crippen molar-refractivity contribution in [2.24, 2.45) is 0 Å². The number of aromatic amines is 1. The molecule has 0 unspecified atom stereocenters. The molecule has 0 saturated carbocycles. The molecule has 3 amide bonds. The van der Waals surface area contributed by atoms with Gasteiger partial charge in [0.25, 0.3) is 0 Å². The van der Waals surface area contributed by atoms with E-state index in [4.69, 9.17) is 5.21 Å². The minimum atomic E-state index is -0.354. The number of H-pyrrole nitrogens is 1. The van der Waals surface area contributed by atoms with E-state index in [1.165, 1.54) is 5.39 Å². The third-order valence-corrected chi connectivity index (χ3v) is 6.73. The van der Waals surface area contributed by atoms with E-state index in [-0.39, 0.29) is 11.9 Å². The Morgan fingerprint density at radius 3 is 2.40 bits per heavy atom. The summed E-state index contributed by atoms with van der Waals surface area (Å²) in [5.41, 5.74) is 5.92. The van der Waals surface area contributed by atoms with Gasteiger partial charge in [-0.05, 0) is 60.7 Å². The number of carbonyl (C=O) groups is 2. The second-order valence-electron chi connectivity index (χ2n) is 9.25. The summed E-state index contributed by atoms with van der Waals surface area (Å²) in [5.74, 6) is -0.354. The molecule has 0 radical (unpaired) electrons. The zero-order valence-electron chi connectivity index (χ0n) is 20.4. The summed E-state index contributed by atoms with van der Waals surface area (Å²) in [7, 11) is 2.08. The summed E-state index contributed by atoms with van der Waals surface area (Å²) >= 11 is 0. The molecule has 0 aliphatic carbocycles. The van der Waals surface area contributed by atoms with Crippen LogP contribution in [-0.2, 0) is 4.79 Å². The van der Waals surface area contributed by atoms with Crippen LogP contribution in [0.1, 0.15) is 32.1 Å². The van der Waals surface area contributed by atoms with Crippen molar-refractivity contribution in [2.45, 2.75) is 32.1 Å². The lowest BCUT2D eigenvalue weighted by Gasteiger charge is -2.36. The number of anilines is 1. The molecule has 1 aliphatic heterocycles. The number of amides is 3. The normalized spacial score (nSPS) is 14.3. The number of benzene rings is 2. The number of hydrogen-bond acceptors (Lipinski definition) is 4. The van der Waals surface area contributed by atoms with Crippen LogP contribution in [0.2, 0.25) is 0 Å². The van der Waals surface area contributed by atoms with Gasteiger partial charge in [-0.1, -0.05) is 37.1 Å². The van der Waals surface area contributed by atoms with Crippen molar-refractivity contribution < 1.29 is 14.8 Å². The average Bonchev–Trinajstić information content (AvgIpc) is 3.36. The number of aromatic nitrogens is 1. The van der Waals surface area contributed by atoms with Crippen molar-refractivity contribution in [3.05, 3.63) is 54.7 Å². The molecule has 2 heterocycles. The molecule has 1 fully saturated rings. The first kappa shape index (κ1) is 24.8. The first-order valence-electron chi connectivity index (χ1n) is 12.4.